The van der Waals surface area contributed by atoms with E-state index in [0.717, 1.165) is 5.56 Å². The number of aryl methyl sites for hydroxylation is 1. The Labute approximate surface area is 147 Å². The van der Waals surface area contributed by atoms with Crippen LogP contribution in [0.5, 0.6) is 0 Å². The van der Waals surface area contributed by atoms with Crippen LogP contribution in [-0.2, 0) is 0 Å². The van der Waals surface area contributed by atoms with Crippen molar-refractivity contribution < 1.29 is 22.4 Å². The van der Waals surface area contributed by atoms with Gasteiger partial charge in [-0.2, -0.15) is 22.5 Å². The molecule has 2 aromatic rings. The molecule has 0 aliphatic carbocycles. The maximum atomic E-state index is 13.8. The summed E-state index contributed by atoms with van der Waals surface area (Å²) < 4.78 is 54.2. The molecule has 26 heavy (non-hydrogen) atoms. The highest BCUT2D eigenvalue weighted by molar-refractivity contribution is 5.95. The lowest BCUT2D eigenvalue weighted by Crippen LogP contribution is -2.45. The normalized spacial score (nSPS) is 15.2. The fraction of sp³-hybridized carbons (Fsp3) is 0.333. The number of benzene rings is 1. The largest absolute Gasteiger partial charge is 0.366 e. The minimum Gasteiger partial charge on any atom is -0.366 e. The van der Waals surface area contributed by atoms with Crippen molar-refractivity contribution in [1.82, 2.24) is 10.3 Å². The SMILES string of the molecule is Cc1ccccc1C(=O)NC1CCN(c2c(F)c(F)nc(F)c2F)CC1. The van der Waals surface area contributed by atoms with Gasteiger partial charge in [0.2, 0.25) is 11.6 Å². The Kier molecular flexibility index (Phi) is 5.11. The van der Waals surface area contributed by atoms with Gasteiger partial charge in [0.15, 0.2) is 0 Å². The third-order valence-corrected chi connectivity index (χ3v) is 4.51. The molecule has 1 aliphatic heterocycles. The van der Waals surface area contributed by atoms with Gasteiger partial charge < -0.3 is 10.2 Å². The van der Waals surface area contributed by atoms with Gasteiger partial charge in [-0.05, 0) is 31.4 Å². The first kappa shape index (κ1) is 18.2. The van der Waals surface area contributed by atoms with Gasteiger partial charge in [0.1, 0.15) is 5.69 Å². The van der Waals surface area contributed by atoms with E-state index in [1.165, 1.54) is 4.90 Å². The molecule has 0 saturated carbocycles. The van der Waals surface area contributed by atoms with E-state index in [2.05, 4.69) is 10.3 Å². The summed E-state index contributed by atoms with van der Waals surface area (Å²) in [5.41, 5.74) is 0.651. The van der Waals surface area contributed by atoms with E-state index in [1.54, 1.807) is 12.1 Å². The summed E-state index contributed by atoms with van der Waals surface area (Å²) in [7, 11) is 0. The standard InChI is InChI=1S/C18H17F4N3O/c1-10-4-2-3-5-12(10)18(26)23-11-6-8-25(9-7-11)15-13(19)16(21)24-17(22)14(15)20/h2-5,11H,6-9H2,1H3,(H,23,26). The number of pyridine rings is 1. The number of carbonyl (C=O) groups is 1. The number of nitrogens with zero attached hydrogens (tertiary/aromatic N) is 2. The monoisotopic (exact) mass is 367 g/mol. The van der Waals surface area contributed by atoms with Gasteiger partial charge >= 0.3 is 0 Å². The van der Waals surface area contributed by atoms with Crippen molar-refractivity contribution in [1.29, 1.82) is 0 Å². The molecule has 1 N–H and O–H groups in total. The van der Waals surface area contributed by atoms with Crippen molar-refractivity contribution in [2.45, 2.75) is 25.8 Å². The number of piperidine rings is 1. The Hall–Kier alpha value is -2.64. The molecule has 8 heteroatoms. The molecule has 1 fully saturated rings. The van der Waals surface area contributed by atoms with Crippen molar-refractivity contribution in [2.24, 2.45) is 0 Å². The van der Waals surface area contributed by atoms with Crippen LogP contribution in [0.2, 0.25) is 0 Å². The first-order valence-corrected chi connectivity index (χ1v) is 8.20. The van der Waals surface area contributed by atoms with E-state index in [0.29, 0.717) is 18.4 Å². The number of hydrogen-bond acceptors (Lipinski definition) is 3. The van der Waals surface area contributed by atoms with E-state index < -0.39 is 29.2 Å². The summed E-state index contributed by atoms with van der Waals surface area (Å²) >= 11 is 0. The molecule has 0 unspecified atom stereocenters. The smallest absolute Gasteiger partial charge is 0.253 e. The molecule has 1 aromatic carbocycles. The molecule has 1 aliphatic rings. The Morgan fingerprint density at radius 1 is 1.08 bits per heavy atom. The number of aromatic nitrogens is 1. The highest BCUT2D eigenvalue weighted by Gasteiger charge is 2.29. The average Bonchev–Trinajstić information content (AvgIpc) is 2.62. The fourth-order valence-corrected chi connectivity index (χ4v) is 3.09. The molecule has 0 spiro atoms. The molecule has 0 radical (unpaired) electrons. The van der Waals surface area contributed by atoms with E-state index in [9.17, 15) is 22.4 Å². The lowest BCUT2D eigenvalue weighted by atomic mass is 10.0. The molecule has 1 amide bonds. The van der Waals surface area contributed by atoms with Crippen molar-refractivity contribution in [3.05, 3.63) is 58.9 Å². The number of halogens is 4. The molecule has 138 valence electrons. The molecule has 1 aromatic heterocycles. The van der Waals surface area contributed by atoms with Crippen LogP contribution in [0.15, 0.2) is 24.3 Å². The van der Waals surface area contributed by atoms with Gasteiger partial charge in [0, 0.05) is 24.7 Å². The molecule has 1 saturated heterocycles. The number of carbonyl (C=O) groups excluding carboxylic acids is 1. The topological polar surface area (TPSA) is 45.2 Å². The molecule has 0 atom stereocenters. The highest BCUT2D eigenvalue weighted by Crippen LogP contribution is 2.28. The minimum atomic E-state index is -1.67. The lowest BCUT2D eigenvalue weighted by Gasteiger charge is -2.34. The number of amides is 1. The zero-order valence-corrected chi connectivity index (χ0v) is 14.0. The Morgan fingerprint density at radius 3 is 2.23 bits per heavy atom. The molecular weight excluding hydrogens is 350 g/mol. The Balaban J connectivity index is 1.67. The maximum absolute atomic E-state index is 13.8. The number of rotatable bonds is 3. The first-order valence-electron chi connectivity index (χ1n) is 8.20. The van der Waals surface area contributed by atoms with Crippen LogP contribution in [0.4, 0.5) is 23.2 Å². The molecular formula is C18H17F4N3O. The third-order valence-electron chi connectivity index (χ3n) is 4.51. The molecule has 3 rings (SSSR count). The maximum Gasteiger partial charge on any atom is 0.253 e. The van der Waals surface area contributed by atoms with Gasteiger partial charge in [-0.15, -0.1) is 0 Å². The summed E-state index contributed by atoms with van der Waals surface area (Å²) in [6.45, 7) is 2.13. The van der Waals surface area contributed by atoms with Crippen molar-refractivity contribution >= 4 is 11.6 Å². The summed E-state index contributed by atoms with van der Waals surface area (Å²) in [6, 6.07) is 6.95. The van der Waals surface area contributed by atoms with Gasteiger partial charge in [-0.25, -0.2) is 0 Å². The van der Waals surface area contributed by atoms with Crippen molar-refractivity contribution in [3.8, 4) is 0 Å². The van der Waals surface area contributed by atoms with Crippen LogP contribution in [0, 0.1) is 30.5 Å². The number of anilines is 1. The Bertz CT molecular complexity index is 809. The predicted octanol–water partition coefficient (Wildman–Crippen LogP) is 3.35. The summed E-state index contributed by atoms with van der Waals surface area (Å²) in [4.78, 5) is 16.1. The second kappa shape index (κ2) is 7.31. The van der Waals surface area contributed by atoms with Crippen LogP contribution in [0.3, 0.4) is 0 Å². The summed E-state index contributed by atoms with van der Waals surface area (Å²) in [6.07, 6.45) is 0.782. The van der Waals surface area contributed by atoms with Gasteiger partial charge in [0.25, 0.3) is 17.8 Å². The average molecular weight is 367 g/mol. The highest BCUT2D eigenvalue weighted by atomic mass is 19.2. The van der Waals surface area contributed by atoms with Gasteiger partial charge in [0.05, 0.1) is 0 Å². The zero-order valence-electron chi connectivity index (χ0n) is 14.0. The van der Waals surface area contributed by atoms with E-state index in [-0.39, 0.29) is 25.0 Å². The lowest BCUT2D eigenvalue weighted by molar-refractivity contribution is 0.0930. The third kappa shape index (κ3) is 3.49. The fourth-order valence-electron chi connectivity index (χ4n) is 3.09. The minimum absolute atomic E-state index is 0.148. The summed E-state index contributed by atoms with van der Waals surface area (Å²) in [5, 5.41) is 2.89. The molecule has 0 bridgehead atoms. The van der Waals surface area contributed by atoms with E-state index in [1.807, 2.05) is 19.1 Å². The van der Waals surface area contributed by atoms with Crippen LogP contribution >= 0.6 is 0 Å². The van der Waals surface area contributed by atoms with Gasteiger partial charge in [-0.1, -0.05) is 18.2 Å². The van der Waals surface area contributed by atoms with Crippen molar-refractivity contribution in [2.75, 3.05) is 18.0 Å². The Morgan fingerprint density at radius 2 is 1.65 bits per heavy atom. The van der Waals surface area contributed by atoms with Gasteiger partial charge in [-0.3, -0.25) is 4.79 Å². The van der Waals surface area contributed by atoms with Crippen LogP contribution in [0.25, 0.3) is 0 Å². The zero-order chi connectivity index (χ0) is 18.8. The van der Waals surface area contributed by atoms with E-state index >= 15 is 0 Å². The van der Waals surface area contributed by atoms with Crippen LogP contribution in [-0.4, -0.2) is 30.0 Å². The first-order chi connectivity index (χ1) is 12.4. The number of nitrogens with one attached hydrogen (secondary N) is 1. The van der Waals surface area contributed by atoms with E-state index in [4.69, 9.17) is 0 Å². The second-order valence-corrected chi connectivity index (χ2v) is 6.22. The number of hydrogen-bond donors (Lipinski definition) is 1. The van der Waals surface area contributed by atoms with Crippen LogP contribution < -0.4 is 10.2 Å². The second-order valence-electron chi connectivity index (χ2n) is 6.22. The van der Waals surface area contributed by atoms with Crippen LogP contribution in [0.1, 0.15) is 28.8 Å². The molecule has 2 heterocycles. The summed E-state index contributed by atoms with van der Waals surface area (Å²) in [5.74, 6) is -6.58. The predicted molar refractivity (Wildman–Crippen MR) is 87.9 cm³/mol. The molecule has 4 nitrogen and oxygen atoms in total. The van der Waals surface area contributed by atoms with Crippen molar-refractivity contribution in [3.63, 3.8) is 0 Å². The quantitative estimate of drug-likeness (QED) is 0.669.